The minimum Gasteiger partial charge on any atom is -0.307 e. The molecule has 1 N–H and O–H groups in total. The van der Waals surface area contributed by atoms with Crippen LogP contribution in [0.4, 0.5) is 4.79 Å². The van der Waals surface area contributed by atoms with Gasteiger partial charge in [-0.2, -0.15) is 5.43 Å². The minimum atomic E-state index is -0.368. The molecule has 0 spiro atoms. The normalized spacial score (nSPS) is 28.6. The number of urea groups is 1. The summed E-state index contributed by atoms with van der Waals surface area (Å²) in [5, 5.41) is 2.17. The van der Waals surface area contributed by atoms with Crippen molar-refractivity contribution in [2.24, 2.45) is 0 Å². The van der Waals surface area contributed by atoms with Gasteiger partial charge < -0.3 is 4.90 Å². The molecule has 0 aromatic heterocycles. The minimum absolute atomic E-state index is 0.00850. The molecule has 1 aromatic carbocycles. The number of hydrogen-bond donors (Lipinski definition) is 1. The fourth-order valence-corrected chi connectivity index (χ4v) is 5.31. The lowest BCUT2D eigenvalue weighted by molar-refractivity contribution is -0.144. The highest BCUT2D eigenvalue weighted by atomic mass is 35.5. The van der Waals surface area contributed by atoms with Crippen molar-refractivity contribution in [3.8, 4) is 0 Å². The zero-order valence-electron chi connectivity index (χ0n) is 14.0. The Kier molecular flexibility index (Phi) is 4.56. The van der Waals surface area contributed by atoms with Crippen LogP contribution in [0.25, 0.3) is 0 Å². The number of benzene rings is 1. The average Bonchev–Trinajstić information content (AvgIpc) is 3.19. The standard InChI is InChI=1S/C17H21ClN4O2S/c1-2-8-20-15(23)14-13(7-9-25-14)22-16(20)19-21(17(22)24)10-11-3-5-12(18)6-4-11/h3-6,13-14,16,19H,2,7-10H2,1H3. The van der Waals surface area contributed by atoms with Gasteiger partial charge in [0.1, 0.15) is 5.25 Å². The Labute approximate surface area is 156 Å². The van der Waals surface area contributed by atoms with Crippen LogP contribution in [-0.2, 0) is 11.3 Å². The van der Waals surface area contributed by atoms with Crippen molar-refractivity contribution >= 4 is 35.3 Å². The molecular weight excluding hydrogens is 360 g/mol. The maximum absolute atomic E-state index is 13.0. The number of nitrogens with zero attached hydrogens (tertiary/aromatic N) is 3. The van der Waals surface area contributed by atoms with Crippen molar-refractivity contribution in [2.75, 3.05) is 12.3 Å². The van der Waals surface area contributed by atoms with Gasteiger partial charge in [0.15, 0.2) is 6.29 Å². The van der Waals surface area contributed by atoms with E-state index in [4.69, 9.17) is 11.6 Å². The predicted molar refractivity (Wildman–Crippen MR) is 97.8 cm³/mol. The van der Waals surface area contributed by atoms with E-state index in [-0.39, 0.29) is 29.5 Å². The van der Waals surface area contributed by atoms with Crippen molar-refractivity contribution in [1.82, 2.24) is 20.2 Å². The zero-order chi connectivity index (χ0) is 17.6. The molecular formula is C17H21ClN4O2S. The molecule has 25 heavy (non-hydrogen) atoms. The van der Waals surface area contributed by atoms with Crippen LogP contribution in [0.15, 0.2) is 24.3 Å². The molecule has 1 aromatic rings. The molecule has 6 nitrogen and oxygen atoms in total. The van der Waals surface area contributed by atoms with Gasteiger partial charge in [0.2, 0.25) is 5.91 Å². The quantitative estimate of drug-likeness (QED) is 0.871. The van der Waals surface area contributed by atoms with Gasteiger partial charge in [-0.3, -0.25) is 14.7 Å². The second kappa shape index (κ2) is 6.70. The maximum Gasteiger partial charge on any atom is 0.337 e. The lowest BCUT2D eigenvalue weighted by Gasteiger charge is -2.44. The summed E-state index contributed by atoms with van der Waals surface area (Å²) in [5.74, 6) is 1.08. The van der Waals surface area contributed by atoms with Gasteiger partial charge in [-0.25, -0.2) is 4.79 Å². The fourth-order valence-electron chi connectivity index (χ4n) is 3.79. The molecule has 3 saturated heterocycles. The molecule has 3 atom stereocenters. The summed E-state index contributed by atoms with van der Waals surface area (Å²) in [4.78, 5) is 29.6. The van der Waals surface area contributed by atoms with Gasteiger partial charge in [0, 0.05) is 11.6 Å². The average molecular weight is 381 g/mol. The van der Waals surface area contributed by atoms with Crippen molar-refractivity contribution in [1.29, 1.82) is 0 Å². The largest absolute Gasteiger partial charge is 0.337 e. The summed E-state index contributed by atoms with van der Waals surface area (Å²) < 4.78 is 0. The van der Waals surface area contributed by atoms with Crippen molar-refractivity contribution in [3.05, 3.63) is 34.9 Å². The highest BCUT2D eigenvalue weighted by Gasteiger charge is 2.55. The molecule has 3 fully saturated rings. The van der Waals surface area contributed by atoms with Crippen LogP contribution < -0.4 is 5.43 Å². The van der Waals surface area contributed by atoms with Crippen LogP contribution in [-0.4, -0.2) is 56.6 Å². The van der Waals surface area contributed by atoms with Crippen LogP contribution >= 0.6 is 23.4 Å². The number of hydrogen-bond acceptors (Lipinski definition) is 4. The third kappa shape index (κ3) is 2.88. The van der Waals surface area contributed by atoms with Gasteiger partial charge in [-0.15, -0.1) is 11.8 Å². The molecule has 134 valence electrons. The van der Waals surface area contributed by atoms with E-state index in [0.29, 0.717) is 18.1 Å². The topological polar surface area (TPSA) is 55.9 Å². The predicted octanol–water partition coefficient (Wildman–Crippen LogP) is 2.49. The first-order valence-electron chi connectivity index (χ1n) is 8.62. The number of thioether (sulfide) groups is 1. The molecule has 3 heterocycles. The summed E-state index contributed by atoms with van der Waals surface area (Å²) in [6, 6.07) is 7.41. The molecule has 3 aliphatic rings. The van der Waals surface area contributed by atoms with Gasteiger partial charge in [-0.05, 0) is 36.3 Å². The van der Waals surface area contributed by atoms with Gasteiger partial charge in [-0.1, -0.05) is 30.7 Å². The first-order valence-corrected chi connectivity index (χ1v) is 10.1. The van der Waals surface area contributed by atoms with Crippen LogP contribution in [0.5, 0.6) is 0 Å². The number of amides is 3. The number of nitrogens with one attached hydrogen (secondary N) is 1. The van der Waals surface area contributed by atoms with E-state index in [9.17, 15) is 9.59 Å². The van der Waals surface area contributed by atoms with Crippen LogP contribution in [0.3, 0.4) is 0 Å². The maximum atomic E-state index is 13.0. The van der Waals surface area contributed by atoms with E-state index in [0.717, 1.165) is 24.2 Å². The van der Waals surface area contributed by atoms with Gasteiger partial charge in [0.25, 0.3) is 0 Å². The van der Waals surface area contributed by atoms with Crippen molar-refractivity contribution in [3.63, 3.8) is 0 Å². The highest BCUT2D eigenvalue weighted by molar-refractivity contribution is 8.00. The third-order valence-corrected chi connectivity index (χ3v) is 6.54. The van der Waals surface area contributed by atoms with Crippen LogP contribution in [0.1, 0.15) is 25.3 Å². The van der Waals surface area contributed by atoms with E-state index in [2.05, 4.69) is 5.43 Å². The SMILES string of the molecule is CCCN1C(=O)C2SCCC2N2C(=O)N(Cc3ccc(Cl)cc3)NC12. The van der Waals surface area contributed by atoms with E-state index in [1.54, 1.807) is 16.8 Å². The summed E-state index contributed by atoms with van der Waals surface area (Å²) in [7, 11) is 0. The number of carbonyl (C=O) groups excluding carboxylic acids is 2. The summed E-state index contributed by atoms with van der Waals surface area (Å²) in [5.41, 5.74) is 4.25. The van der Waals surface area contributed by atoms with Crippen molar-refractivity contribution < 1.29 is 9.59 Å². The molecule has 4 rings (SSSR count). The summed E-state index contributed by atoms with van der Waals surface area (Å²) >= 11 is 7.61. The molecule has 3 aliphatic heterocycles. The summed E-state index contributed by atoms with van der Waals surface area (Å²) in [6.45, 7) is 3.15. The summed E-state index contributed by atoms with van der Waals surface area (Å²) in [6.07, 6.45) is 1.37. The Morgan fingerprint density at radius 1 is 1.28 bits per heavy atom. The number of fused-ring (bicyclic) bond motifs is 3. The lowest BCUT2D eigenvalue weighted by Crippen LogP contribution is -2.66. The Morgan fingerprint density at radius 3 is 2.76 bits per heavy atom. The molecule has 0 aliphatic carbocycles. The first kappa shape index (κ1) is 17.0. The lowest BCUT2D eigenvalue weighted by atomic mass is 10.1. The number of hydrazine groups is 1. The monoisotopic (exact) mass is 380 g/mol. The first-order chi connectivity index (χ1) is 12.1. The molecule has 0 saturated carbocycles. The molecule has 0 radical (unpaired) electrons. The number of rotatable bonds is 4. The fraction of sp³-hybridized carbons (Fsp3) is 0.529. The Hall–Kier alpha value is -1.44. The third-order valence-electron chi connectivity index (χ3n) is 4.94. The molecule has 3 unspecified atom stereocenters. The van der Waals surface area contributed by atoms with Gasteiger partial charge in [0.05, 0.1) is 12.6 Å². The van der Waals surface area contributed by atoms with E-state index < -0.39 is 0 Å². The Morgan fingerprint density at radius 2 is 2.04 bits per heavy atom. The Bertz CT molecular complexity index is 686. The Balaban J connectivity index is 1.59. The molecule has 0 bridgehead atoms. The highest BCUT2D eigenvalue weighted by Crippen LogP contribution is 2.39. The smallest absolute Gasteiger partial charge is 0.307 e. The van der Waals surface area contributed by atoms with E-state index in [1.807, 2.05) is 41.0 Å². The second-order valence-corrected chi connectivity index (χ2v) is 8.27. The van der Waals surface area contributed by atoms with E-state index in [1.165, 1.54) is 0 Å². The molecule has 3 amide bonds. The van der Waals surface area contributed by atoms with Gasteiger partial charge >= 0.3 is 6.03 Å². The zero-order valence-corrected chi connectivity index (χ0v) is 15.6. The molecule has 8 heteroatoms. The van der Waals surface area contributed by atoms with E-state index >= 15 is 0 Å². The van der Waals surface area contributed by atoms with Crippen LogP contribution in [0, 0.1) is 0 Å². The number of carbonyl (C=O) groups is 2. The number of halogens is 1. The van der Waals surface area contributed by atoms with Crippen LogP contribution in [0.2, 0.25) is 5.02 Å². The second-order valence-electron chi connectivity index (χ2n) is 6.58. The van der Waals surface area contributed by atoms with Crippen molar-refractivity contribution in [2.45, 2.75) is 43.9 Å².